The zero-order valence-corrected chi connectivity index (χ0v) is 17.0. The van der Waals surface area contributed by atoms with Crippen LogP contribution in [0.2, 0.25) is 0 Å². The summed E-state index contributed by atoms with van der Waals surface area (Å²) in [5, 5.41) is 26.9. The molecule has 1 aromatic heterocycles. The standard InChI is InChI=1S/C21H17N5O6/c1-12-10-14(25(29)30)6-8-16(12)23-20(27)18-4-3-5-19(22-18)21(28)24-17-9-7-15(26(31)32)11-13(17)2/h3-11H,1-2H3,(H,23,27)(H,24,28). The zero-order chi connectivity index (χ0) is 23.4. The summed E-state index contributed by atoms with van der Waals surface area (Å²) in [6, 6.07) is 12.4. The largest absolute Gasteiger partial charge is 0.320 e. The molecule has 0 unspecified atom stereocenters. The van der Waals surface area contributed by atoms with E-state index >= 15 is 0 Å². The first kappa shape index (κ1) is 22.0. The van der Waals surface area contributed by atoms with E-state index in [0.29, 0.717) is 22.5 Å². The topological polar surface area (TPSA) is 157 Å². The van der Waals surface area contributed by atoms with Gasteiger partial charge in [0.2, 0.25) is 0 Å². The Morgan fingerprint density at radius 3 is 1.50 bits per heavy atom. The van der Waals surface area contributed by atoms with Gasteiger partial charge in [-0.2, -0.15) is 0 Å². The molecule has 0 aliphatic heterocycles. The Kier molecular flexibility index (Phi) is 6.19. The molecule has 2 aromatic carbocycles. The number of hydrogen-bond donors (Lipinski definition) is 2. The molecule has 1 heterocycles. The molecule has 0 saturated heterocycles. The van der Waals surface area contributed by atoms with Crippen LogP contribution < -0.4 is 10.6 Å². The molecule has 32 heavy (non-hydrogen) atoms. The first-order chi connectivity index (χ1) is 15.2. The van der Waals surface area contributed by atoms with Gasteiger partial charge in [-0.1, -0.05) is 6.07 Å². The lowest BCUT2D eigenvalue weighted by atomic mass is 10.1. The molecule has 3 aromatic rings. The van der Waals surface area contributed by atoms with Gasteiger partial charge in [-0.05, 0) is 49.2 Å². The Bertz CT molecular complexity index is 1160. The van der Waals surface area contributed by atoms with Crippen molar-refractivity contribution in [2.24, 2.45) is 0 Å². The summed E-state index contributed by atoms with van der Waals surface area (Å²) in [7, 11) is 0. The molecule has 0 saturated carbocycles. The number of nitrogens with one attached hydrogen (secondary N) is 2. The van der Waals surface area contributed by atoms with Gasteiger partial charge < -0.3 is 10.6 Å². The van der Waals surface area contributed by atoms with Crippen molar-refractivity contribution in [1.29, 1.82) is 0 Å². The van der Waals surface area contributed by atoms with Gasteiger partial charge >= 0.3 is 0 Å². The van der Waals surface area contributed by atoms with Gasteiger partial charge in [-0.25, -0.2) is 4.98 Å². The molecule has 0 bridgehead atoms. The normalized spacial score (nSPS) is 10.3. The van der Waals surface area contributed by atoms with E-state index in [4.69, 9.17) is 0 Å². The summed E-state index contributed by atoms with van der Waals surface area (Å²) in [4.78, 5) is 49.8. The molecule has 11 nitrogen and oxygen atoms in total. The lowest BCUT2D eigenvalue weighted by Gasteiger charge is -2.10. The summed E-state index contributed by atoms with van der Waals surface area (Å²) >= 11 is 0. The minimum Gasteiger partial charge on any atom is -0.320 e. The number of amides is 2. The highest BCUT2D eigenvalue weighted by molar-refractivity contribution is 6.06. The fraction of sp³-hybridized carbons (Fsp3) is 0.0952. The number of hydrogen-bond acceptors (Lipinski definition) is 7. The van der Waals surface area contributed by atoms with Gasteiger partial charge in [0.1, 0.15) is 11.4 Å². The highest BCUT2D eigenvalue weighted by Gasteiger charge is 2.16. The summed E-state index contributed by atoms with van der Waals surface area (Å²) in [5.74, 6) is -1.19. The van der Waals surface area contributed by atoms with Crippen molar-refractivity contribution in [2.45, 2.75) is 13.8 Å². The van der Waals surface area contributed by atoms with Crippen molar-refractivity contribution < 1.29 is 19.4 Å². The average molecular weight is 435 g/mol. The number of aryl methyl sites for hydroxylation is 2. The maximum Gasteiger partial charge on any atom is 0.274 e. The minimum atomic E-state index is -0.594. The minimum absolute atomic E-state index is 0.0316. The van der Waals surface area contributed by atoms with Crippen LogP contribution in [0.3, 0.4) is 0 Å². The van der Waals surface area contributed by atoms with Crippen LogP contribution in [-0.2, 0) is 0 Å². The number of nitro groups is 2. The smallest absolute Gasteiger partial charge is 0.274 e. The molecule has 0 aliphatic rings. The zero-order valence-electron chi connectivity index (χ0n) is 17.0. The number of aromatic nitrogens is 1. The molecule has 0 aliphatic carbocycles. The Hall–Kier alpha value is -4.67. The van der Waals surface area contributed by atoms with E-state index in [1.165, 1.54) is 54.6 Å². The van der Waals surface area contributed by atoms with Crippen LogP contribution in [0.1, 0.15) is 32.1 Å². The SMILES string of the molecule is Cc1cc([N+](=O)[O-])ccc1NC(=O)c1cccc(C(=O)Nc2ccc([N+](=O)[O-])cc2C)n1. The van der Waals surface area contributed by atoms with Crippen LogP contribution in [0.25, 0.3) is 0 Å². The predicted molar refractivity (Wildman–Crippen MR) is 116 cm³/mol. The third kappa shape index (κ3) is 4.90. The van der Waals surface area contributed by atoms with Crippen LogP contribution in [0.4, 0.5) is 22.7 Å². The molecule has 0 spiro atoms. The number of nitro benzene ring substituents is 2. The fourth-order valence-corrected chi connectivity index (χ4v) is 2.86. The van der Waals surface area contributed by atoms with Crippen molar-refractivity contribution in [3.63, 3.8) is 0 Å². The van der Waals surface area contributed by atoms with E-state index in [9.17, 15) is 29.8 Å². The number of pyridine rings is 1. The van der Waals surface area contributed by atoms with E-state index < -0.39 is 21.7 Å². The first-order valence-electron chi connectivity index (χ1n) is 9.25. The molecular formula is C21H17N5O6. The molecule has 2 N–H and O–H groups in total. The molecule has 162 valence electrons. The van der Waals surface area contributed by atoms with Gasteiger partial charge in [0.15, 0.2) is 0 Å². The Balaban J connectivity index is 1.76. The van der Waals surface area contributed by atoms with E-state index in [2.05, 4.69) is 15.6 Å². The van der Waals surface area contributed by atoms with E-state index in [1.54, 1.807) is 13.8 Å². The summed E-state index contributed by atoms with van der Waals surface area (Å²) in [6.07, 6.45) is 0. The maximum atomic E-state index is 12.6. The number of carbonyl (C=O) groups excluding carboxylic acids is 2. The van der Waals surface area contributed by atoms with E-state index in [0.717, 1.165) is 0 Å². The van der Waals surface area contributed by atoms with Crippen molar-refractivity contribution in [1.82, 2.24) is 4.98 Å². The van der Waals surface area contributed by atoms with Gasteiger partial charge in [0.05, 0.1) is 9.85 Å². The summed E-state index contributed by atoms with van der Waals surface area (Å²) in [5.41, 5.74) is 1.48. The maximum absolute atomic E-state index is 12.6. The Labute approximate surface area is 181 Å². The first-order valence-corrected chi connectivity index (χ1v) is 9.25. The second-order valence-electron chi connectivity index (χ2n) is 6.83. The highest BCUT2D eigenvalue weighted by atomic mass is 16.6. The number of benzene rings is 2. The monoisotopic (exact) mass is 435 g/mol. The van der Waals surface area contributed by atoms with E-state index in [1.807, 2.05) is 0 Å². The average Bonchev–Trinajstić information content (AvgIpc) is 2.76. The van der Waals surface area contributed by atoms with Crippen LogP contribution in [0, 0.1) is 34.1 Å². The Morgan fingerprint density at radius 1 is 0.750 bits per heavy atom. The van der Waals surface area contributed by atoms with Gasteiger partial charge in [-0.3, -0.25) is 29.8 Å². The lowest BCUT2D eigenvalue weighted by Crippen LogP contribution is -2.19. The van der Waals surface area contributed by atoms with Crippen LogP contribution >= 0.6 is 0 Å². The van der Waals surface area contributed by atoms with Crippen LogP contribution in [0.5, 0.6) is 0 Å². The van der Waals surface area contributed by atoms with Gasteiger partial charge in [-0.15, -0.1) is 0 Å². The molecule has 0 atom stereocenters. The third-order valence-corrected chi connectivity index (χ3v) is 4.55. The second-order valence-corrected chi connectivity index (χ2v) is 6.83. The number of anilines is 2. The number of nitrogens with zero attached hydrogens (tertiary/aromatic N) is 3. The fourth-order valence-electron chi connectivity index (χ4n) is 2.86. The van der Waals surface area contributed by atoms with E-state index in [-0.39, 0.29) is 22.8 Å². The Morgan fingerprint density at radius 2 is 1.16 bits per heavy atom. The second kappa shape index (κ2) is 9.00. The van der Waals surface area contributed by atoms with Gasteiger partial charge in [0, 0.05) is 35.6 Å². The molecule has 3 rings (SSSR count). The molecule has 2 amide bonds. The highest BCUT2D eigenvalue weighted by Crippen LogP contribution is 2.23. The number of rotatable bonds is 6. The van der Waals surface area contributed by atoms with Crippen molar-refractivity contribution in [3.05, 3.63) is 97.3 Å². The molecular weight excluding hydrogens is 418 g/mol. The third-order valence-electron chi connectivity index (χ3n) is 4.55. The summed E-state index contributed by atoms with van der Waals surface area (Å²) < 4.78 is 0. The predicted octanol–water partition coefficient (Wildman–Crippen LogP) is 4.02. The molecule has 0 fully saturated rings. The number of non-ortho nitro benzene ring substituents is 2. The molecule has 11 heteroatoms. The number of carbonyl (C=O) groups is 2. The van der Waals surface area contributed by atoms with Crippen LogP contribution in [0.15, 0.2) is 54.6 Å². The van der Waals surface area contributed by atoms with Crippen molar-refractivity contribution in [2.75, 3.05) is 10.6 Å². The van der Waals surface area contributed by atoms with Crippen LogP contribution in [-0.4, -0.2) is 26.6 Å². The lowest BCUT2D eigenvalue weighted by molar-refractivity contribution is -0.385. The van der Waals surface area contributed by atoms with Crippen molar-refractivity contribution in [3.8, 4) is 0 Å². The van der Waals surface area contributed by atoms with Crippen molar-refractivity contribution >= 4 is 34.6 Å². The molecule has 0 radical (unpaired) electrons. The quantitative estimate of drug-likeness (QED) is 0.437. The summed E-state index contributed by atoms with van der Waals surface area (Å²) in [6.45, 7) is 3.24. The van der Waals surface area contributed by atoms with Gasteiger partial charge in [0.25, 0.3) is 23.2 Å².